The van der Waals surface area contributed by atoms with Gasteiger partial charge in [0.05, 0.1) is 6.54 Å². The van der Waals surface area contributed by atoms with E-state index in [1.54, 1.807) is 0 Å². The summed E-state index contributed by atoms with van der Waals surface area (Å²) in [5.74, 6) is 1.45. The Morgan fingerprint density at radius 2 is 2.26 bits per heavy atom. The molecule has 1 aromatic rings. The fourth-order valence-electron chi connectivity index (χ4n) is 2.50. The number of hydrogen-bond donors (Lipinski definition) is 2. The van der Waals surface area contributed by atoms with Crippen molar-refractivity contribution in [3.05, 3.63) is 16.5 Å². The largest absolute Gasteiger partial charge is 0.452 e. The van der Waals surface area contributed by atoms with Gasteiger partial charge >= 0.3 is 0 Å². The standard InChI is InChI=1S/C12H19BrN2O3S/c1-8-3-2-4-9(8)7-15-19(16,17)11-5-10(6-14)18-12(11)13/h5,8-9,15H,2-4,6-7,14H2,1H3. The third-order valence-corrected chi connectivity index (χ3v) is 6.05. The van der Waals surface area contributed by atoms with Crippen LogP contribution in [0.25, 0.3) is 0 Å². The molecular weight excluding hydrogens is 332 g/mol. The number of hydrogen-bond acceptors (Lipinski definition) is 4. The molecule has 0 saturated heterocycles. The molecule has 1 fully saturated rings. The van der Waals surface area contributed by atoms with Crippen LogP contribution in [0, 0.1) is 11.8 Å². The van der Waals surface area contributed by atoms with Gasteiger partial charge in [-0.3, -0.25) is 0 Å². The monoisotopic (exact) mass is 350 g/mol. The topological polar surface area (TPSA) is 85.3 Å². The van der Waals surface area contributed by atoms with Gasteiger partial charge in [0, 0.05) is 12.6 Å². The van der Waals surface area contributed by atoms with E-state index in [1.807, 2.05) is 0 Å². The number of rotatable bonds is 5. The Kier molecular flexibility index (Phi) is 4.70. The van der Waals surface area contributed by atoms with Crippen LogP contribution in [0.2, 0.25) is 0 Å². The molecule has 0 spiro atoms. The Labute approximate surface area is 122 Å². The summed E-state index contributed by atoms with van der Waals surface area (Å²) in [6.45, 7) is 2.83. The fourth-order valence-corrected chi connectivity index (χ4v) is 4.59. The molecule has 1 saturated carbocycles. The van der Waals surface area contributed by atoms with Crippen LogP contribution in [0.5, 0.6) is 0 Å². The van der Waals surface area contributed by atoms with Gasteiger partial charge in [0.25, 0.3) is 0 Å². The maximum atomic E-state index is 12.2. The third kappa shape index (κ3) is 3.39. The summed E-state index contributed by atoms with van der Waals surface area (Å²) in [5.41, 5.74) is 5.44. The van der Waals surface area contributed by atoms with Gasteiger partial charge in [0.15, 0.2) is 4.67 Å². The van der Waals surface area contributed by atoms with Gasteiger partial charge in [0.2, 0.25) is 10.0 Å². The summed E-state index contributed by atoms with van der Waals surface area (Å²) in [5, 5.41) is 0. The first kappa shape index (κ1) is 15.0. The molecule has 19 heavy (non-hydrogen) atoms. The van der Waals surface area contributed by atoms with Gasteiger partial charge in [0.1, 0.15) is 10.7 Å². The minimum absolute atomic E-state index is 0.124. The van der Waals surface area contributed by atoms with Crippen LogP contribution in [0.4, 0.5) is 0 Å². The summed E-state index contributed by atoms with van der Waals surface area (Å²) < 4.78 is 32.5. The van der Waals surface area contributed by atoms with Crippen LogP contribution in [-0.2, 0) is 16.6 Å². The summed E-state index contributed by atoms with van der Waals surface area (Å²) in [6, 6.07) is 1.46. The third-order valence-electron chi connectivity index (χ3n) is 3.77. The number of nitrogens with one attached hydrogen (secondary N) is 1. The maximum Gasteiger partial charge on any atom is 0.244 e. The number of halogens is 1. The highest BCUT2D eigenvalue weighted by Crippen LogP contribution is 2.31. The van der Waals surface area contributed by atoms with Gasteiger partial charge < -0.3 is 10.2 Å². The minimum Gasteiger partial charge on any atom is -0.452 e. The van der Waals surface area contributed by atoms with Crippen LogP contribution < -0.4 is 10.5 Å². The molecule has 1 heterocycles. The Hall–Kier alpha value is -0.370. The van der Waals surface area contributed by atoms with Crippen molar-refractivity contribution in [1.82, 2.24) is 4.72 Å². The lowest BCUT2D eigenvalue weighted by Crippen LogP contribution is -2.30. The van der Waals surface area contributed by atoms with E-state index >= 15 is 0 Å². The van der Waals surface area contributed by atoms with Crippen molar-refractivity contribution in [2.24, 2.45) is 17.6 Å². The second-order valence-corrected chi connectivity index (χ2v) is 7.53. The summed E-state index contributed by atoms with van der Waals surface area (Å²) in [6.07, 6.45) is 3.45. The minimum atomic E-state index is -3.54. The molecule has 1 aromatic heterocycles. The molecule has 5 nitrogen and oxygen atoms in total. The molecular formula is C12H19BrN2O3S. The predicted octanol–water partition coefficient (Wildman–Crippen LogP) is 2.22. The van der Waals surface area contributed by atoms with E-state index in [0.29, 0.717) is 24.1 Å². The zero-order chi connectivity index (χ0) is 14.0. The van der Waals surface area contributed by atoms with E-state index in [1.165, 1.54) is 18.9 Å². The second kappa shape index (κ2) is 5.95. The first-order valence-electron chi connectivity index (χ1n) is 6.42. The molecule has 3 N–H and O–H groups in total. The molecule has 108 valence electrons. The van der Waals surface area contributed by atoms with Crippen molar-refractivity contribution in [1.29, 1.82) is 0 Å². The van der Waals surface area contributed by atoms with Gasteiger partial charge in [-0.05, 0) is 34.2 Å². The normalized spacial score (nSPS) is 23.9. The molecule has 0 radical (unpaired) electrons. The zero-order valence-electron chi connectivity index (χ0n) is 10.9. The highest BCUT2D eigenvalue weighted by Gasteiger charge is 2.27. The first-order chi connectivity index (χ1) is 8.94. The number of nitrogens with two attached hydrogens (primary N) is 1. The van der Waals surface area contributed by atoms with E-state index in [0.717, 1.165) is 6.42 Å². The fraction of sp³-hybridized carbons (Fsp3) is 0.667. The van der Waals surface area contributed by atoms with E-state index in [-0.39, 0.29) is 16.1 Å². The van der Waals surface area contributed by atoms with Crippen molar-refractivity contribution in [2.75, 3.05) is 6.54 Å². The molecule has 0 amide bonds. The maximum absolute atomic E-state index is 12.2. The number of sulfonamides is 1. The van der Waals surface area contributed by atoms with E-state index in [2.05, 4.69) is 27.6 Å². The molecule has 0 bridgehead atoms. The highest BCUT2D eigenvalue weighted by molar-refractivity contribution is 9.10. The van der Waals surface area contributed by atoms with Crippen molar-refractivity contribution >= 4 is 26.0 Å². The molecule has 0 aromatic carbocycles. The van der Waals surface area contributed by atoms with Crippen molar-refractivity contribution in [3.63, 3.8) is 0 Å². The quantitative estimate of drug-likeness (QED) is 0.852. The Morgan fingerprint density at radius 1 is 1.53 bits per heavy atom. The molecule has 2 rings (SSSR count). The van der Waals surface area contributed by atoms with Gasteiger partial charge in [-0.1, -0.05) is 19.8 Å². The van der Waals surface area contributed by atoms with Crippen molar-refractivity contribution in [3.8, 4) is 0 Å². The van der Waals surface area contributed by atoms with Crippen LogP contribution in [0.1, 0.15) is 31.9 Å². The lowest BCUT2D eigenvalue weighted by atomic mass is 9.99. The molecule has 1 aliphatic rings. The average molecular weight is 351 g/mol. The molecule has 2 unspecified atom stereocenters. The average Bonchev–Trinajstić information content (AvgIpc) is 2.93. The molecule has 7 heteroatoms. The van der Waals surface area contributed by atoms with E-state index < -0.39 is 10.0 Å². The molecule has 0 aliphatic heterocycles. The van der Waals surface area contributed by atoms with Crippen LogP contribution in [0.3, 0.4) is 0 Å². The predicted molar refractivity (Wildman–Crippen MR) is 76.0 cm³/mol. The lowest BCUT2D eigenvalue weighted by Gasteiger charge is -2.15. The SMILES string of the molecule is CC1CCCC1CNS(=O)(=O)c1cc(CN)oc1Br. The van der Waals surface area contributed by atoms with Crippen LogP contribution in [-0.4, -0.2) is 15.0 Å². The Morgan fingerprint density at radius 3 is 2.79 bits per heavy atom. The molecule has 2 atom stereocenters. The van der Waals surface area contributed by atoms with E-state index in [4.69, 9.17) is 10.2 Å². The van der Waals surface area contributed by atoms with Gasteiger partial charge in [-0.25, -0.2) is 13.1 Å². The van der Waals surface area contributed by atoms with E-state index in [9.17, 15) is 8.42 Å². The van der Waals surface area contributed by atoms with Gasteiger partial charge in [-0.15, -0.1) is 0 Å². The second-order valence-electron chi connectivity index (χ2n) is 5.07. The smallest absolute Gasteiger partial charge is 0.244 e. The Balaban J connectivity index is 2.07. The van der Waals surface area contributed by atoms with Crippen LogP contribution in [0.15, 0.2) is 20.0 Å². The summed E-state index contributed by atoms with van der Waals surface area (Å²) in [7, 11) is -3.54. The van der Waals surface area contributed by atoms with Gasteiger partial charge in [-0.2, -0.15) is 0 Å². The highest BCUT2D eigenvalue weighted by atomic mass is 79.9. The number of furan rings is 1. The summed E-state index contributed by atoms with van der Waals surface area (Å²) in [4.78, 5) is 0.124. The van der Waals surface area contributed by atoms with Crippen molar-refractivity contribution in [2.45, 2.75) is 37.6 Å². The molecule has 1 aliphatic carbocycles. The zero-order valence-corrected chi connectivity index (χ0v) is 13.3. The first-order valence-corrected chi connectivity index (χ1v) is 8.69. The van der Waals surface area contributed by atoms with Crippen LogP contribution >= 0.6 is 15.9 Å². The lowest BCUT2D eigenvalue weighted by molar-refractivity contribution is 0.414. The van der Waals surface area contributed by atoms with Crippen molar-refractivity contribution < 1.29 is 12.8 Å². The summed E-state index contributed by atoms with van der Waals surface area (Å²) >= 11 is 3.12. The Bertz CT molecular complexity index is 541.